The molecular formula is C65H105ClF3N11O11. The molecule has 6 aliphatic rings. The molecule has 6 rings (SSSR count). The van der Waals surface area contributed by atoms with Crippen LogP contribution < -0.4 is 10.6 Å². The smallest absolute Gasteiger partial charge is 0.343 e. The lowest BCUT2D eigenvalue weighted by atomic mass is 9.78. The number of amides is 11. The Morgan fingerprint density at radius 1 is 0.571 bits per heavy atom. The van der Waals surface area contributed by atoms with Crippen LogP contribution in [0.5, 0.6) is 0 Å². The number of carbonyl (C=O) groups is 11. The molecule has 6 fully saturated rings. The van der Waals surface area contributed by atoms with E-state index in [1.807, 2.05) is 6.92 Å². The first kappa shape index (κ1) is 74.3. The molecule has 91 heavy (non-hydrogen) atoms. The standard InChI is InChI=1S/C65H105ClF3N11O11/c1-15-38(2)54-62(90)75(11)41(5)56(84)80-32-30-49(80)59(87)76(12)50(35-42-21-17-16-18-22-42)58(86)72(8)37-52(81)70-47(29-27-44-26-28-45(46(66)34-44)65(67,68)69)57(85)79-31-20-25-48(79)61(89)78(14)64(6,7)63(91)77(13)51(36-43-23-19-24-43)60(88)73(9)39(3)33-53(82)74(10)40(4)55(83)71-54/h38-51,54H,15-37H2,1-14H3,(H,70,81)(H,71,83)/t38-,39+,40-,41-,44?,45?,46?,47-,48-,49-,50-,51-,54-/m0/s1. The van der Waals surface area contributed by atoms with Crippen molar-refractivity contribution in [1.29, 1.82) is 0 Å². The number of fused-ring (bicyclic) bond motifs is 2. The molecule has 3 saturated carbocycles. The van der Waals surface area contributed by atoms with Crippen LogP contribution in [-0.2, 0) is 52.7 Å². The van der Waals surface area contributed by atoms with E-state index in [1.54, 1.807) is 34.7 Å². The van der Waals surface area contributed by atoms with Crippen molar-refractivity contribution < 1.29 is 65.9 Å². The van der Waals surface area contributed by atoms with Gasteiger partial charge in [-0.15, -0.1) is 11.6 Å². The van der Waals surface area contributed by atoms with E-state index in [9.17, 15) is 61.1 Å². The van der Waals surface area contributed by atoms with Crippen molar-refractivity contribution in [3.63, 3.8) is 0 Å². The van der Waals surface area contributed by atoms with Crippen molar-refractivity contribution in [3.8, 4) is 0 Å². The Balaban J connectivity index is 1.35. The SMILES string of the molecule is CC[C@H](C)[C@@H]1NC(=O)[C@H](C)N(C)C(=O)C[C@@H](C)N(C)C(=O)[C@H](CC2CCC2)N(C)C(=O)C(C)(C)N(C)C(=O)[C@@H]2CCCN2C(=O)[C@H](CCC2CCC(C(F)(F)F)C(Cl)C2)NC(=O)CN(C)C(=O)[C@H](CC2CCCCC2)N(C)C(=O)[C@@H]2CCN2C(=O)[C@H](C)N(C)C1=O. The number of likely N-dealkylation sites (N-methyl/N-ethyl adjacent to an activating group) is 7. The predicted molar refractivity (Wildman–Crippen MR) is 336 cm³/mol. The van der Waals surface area contributed by atoms with Crippen LogP contribution in [0, 0.1) is 29.6 Å². The number of hydrogen-bond donors (Lipinski definition) is 2. The summed E-state index contributed by atoms with van der Waals surface area (Å²) in [4.78, 5) is 173. The van der Waals surface area contributed by atoms with Gasteiger partial charge in [-0.1, -0.05) is 71.6 Å². The average molecular weight is 1310 g/mol. The summed E-state index contributed by atoms with van der Waals surface area (Å²) in [7, 11) is 10.3. The molecule has 0 aromatic rings. The van der Waals surface area contributed by atoms with Crippen LogP contribution in [0.2, 0.25) is 0 Å². The summed E-state index contributed by atoms with van der Waals surface area (Å²) in [6.45, 7) is 11.2. The van der Waals surface area contributed by atoms with Crippen LogP contribution in [0.1, 0.15) is 177 Å². The number of alkyl halides is 4. The Bertz CT molecular complexity index is 2660. The minimum absolute atomic E-state index is 0.0148. The first-order valence-corrected chi connectivity index (χ1v) is 33.8. The highest BCUT2D eigenvalue weighted by Gasteiger charge is 2.50. The van der Waals surface area contributed by atoms with E-state index in [4.69, 9.17) is 11.6 Å². The normalized spacial score (nSPS) is 32.1. The fourth-order valence-corrected chi connectivity index (χ4v) is 14.6. The summed E-state index contributed by atoms with van der Waals surface area (Å²) in [5.41, 5.74) is -1.61. The van der Waals surface area contributed by atoms with E-state index in [2.05, 4.69) is 10.6 Å². The van der Waals surface area contributed by atoms with Crippen molar-refractivity contribution in [2.45, 2.75) is 248 Å². The maximum Gasteiger partial charge on any atom is 0.393 e. The number of carbonyl (C=O) groups excluding carboxylic acids is 11. The quantitative estimate of drug-likeness (QED) is 0.277. The van der Waals surface area contributed by atoms with Gasteiger partial charge in [0.1, 0.15) is 53.9 Å². The predicted octanol–water partition coefficient (Wildman–Crippen LogP) is 5.41. The van der Waals surface area contributed by atoms with Gasteiger partial charge >= 0.3 is 6.18 Å². The number of hydrogen-bond acceptors (Lipinski definition) is 11. The molecule has 0 aromatic carbocycles. The third-order valence-electron chi connectivity index (χ3n) is 21.8. The monoisotopic (exact) mass is 1310 g/mol. The number of halogens is 4. The van der Waals surface area contributed by atoms with Gasteiger partial charge in [0, 0.05) is 80.3 Å². The van der Waals surface area contributed by atoms with Crippen molar-refractivity contribution in [1.82, 2.24) is 54.7 Å². The highest BCUT2D eigenvalue weighted by molar-refractivity contribution is 6.20. The molecule has 22 nitrogen and oxygen atoms in total. The fraction of sp³-hybridized carbons (Fsp3) is 0.831. The minimum atomic E-state index is -4.49. The van der Waals surface area contributed by atoms with Crippen molar-refractivity contribution in [2.75, 3.05) is 69.0 Å². The topological polar surface area (TPSA) is 241 Å². The van der Waals surface area contributed by atoms with Gasteiger partial charge in [0.15, 0.2) is 0 Å². The third kappa shape index (κ3) is 17.3. The molecule has 3 heterocycles. The molecule has 13 atom stereocenters. The summed E-state index contributed by atoms with van der Waals surface area (Å²) in [5, 5.41) is 4.47. The van der Waals surface area contributed by atoms with Gasteiger partial charge < -0.3 is 54.7 Å². The van der Waals surface area contributed by atoms with Gasteiger partial charge in [-0.2, -0.15) is 13.2 Å². The molecule has 26 heteroatoms. The van der Waals surface area contributed by atoms with E-state index in [-0.39, 0.29) is 88.6 Å². The van der Waals surface area contributed by atoms with E-state index in [0.717, 1.165) is 51.4 Å². The van der Waals surface area contributed by atoms with Crippen molar-refractivity contribution in [3.05, 3.63) is 0 Å². The third-order valence-corrected chi connectivity index (χ3v) is 22.3. The number of rotatable bonds is 9. The molecule has 514 valence electrons. The summed E-state index contributed by atoms with van der Waals surface area (Å²) in [6.07, 6.45) is 4.36. The zero-order valence-electron chi connectivity index (χ0n) is 56.5. The second-order valence-corrected chi connectivity index (χ2v) is 28.6. The molecular weight excluding hydrogens is 1200 g/mol. The second kappa shape index (κ2) is 31.5. The lowest BCUT2D eigenvalue weighted by Crippen LogP contribution is -2.65. The van der Waals surface area contributed by atoms with Crippen LogP contribution in [0.25, 0.3) is 0 Å². The van der Waals surface area contributed by atoms with Crippen molar-refractivity contribution >= 4 is 76.6 Å². The second-order valence-electron chi connectivity index (χ2n) is 28.1. The average Bonchev–Trinajstić information content (AvgIpc) is 1.60. The number of nitrogens with one attached hydrogen (secondary N) is 2. The Morgan fingerprint density at radius 3 is 1.70 bits per heavy atom. The Kier molecular flexibility index (Phi) is 25.7. The summed E-state index contributed by atoms with van der Waals surface area (Å²) in [6, 6.07) is -9.58. The van der Waals surface area contributed by atoms with Gasteiger partial charge in [0.05, 0.1) is 12.5 Å². The molecule has 3 aliphatic carbocycles. The van der Waals surface area contributed by atoms with Gasteiger partial charge in [-0.05, 0) is 122 Å². The lowest BCUT2D eigenvalue weighted by molar-refractivity contribution is -0.182. The minimum Gasteiger partial charge on any atom is -0.343 e. The van der Waals surface area contributed by atoms with Crippen LogP contribution in [0.15, 0.2) is 0 Å². The molecule has 0 bridgehead atoms. The molecule has 0 radical (unpaired) electrons. The highest BCUT2D eigenvalue weighted by Crippen LogP contribution is 2.44. The van der Waals surface area contributed by atoms with Crippen molar-refractivity contribution in [2.24, 2.45) is 29.6 Å². The Morgan fingerprint density at radius 2 is 1.15 bits per heavy atom. The van der Waals surface area contributed by atoms with Crippen LogP contribution >= 0.6 is 11.6 Å². The lowest BCUT2D eigenvalue weighted by Gasteiger charge is -2.45. The van der Waals surface area contributed by atoms with Crippen LogP contribution in [0.4, 0.5) is 13.2 Å². The maximum absolute atomic E-state index is 15.1. The van der Waals surface area contributed by atoms with Gasteiger partial charge in [0.2, 0.25) is 65.0 Å². The Hall–Kier alpha value is -5.75. The molecule has 0 spiro atoms. The van der Waals surface area contributed by atoms with E-state index in [1.165, 1.54) is 100 Å². The number of nitrogens with zero attached hydrogens (tertiary/aromatic N) is 9. The van der Waals surface area contributed by atoms with Crippen LogP contribution in [-0.4, -0.2) is 250 Å². The molecule has 3 saturated heterocycles. The molecule has 3 unspecified atom stereocenters. The summed E-state index contributed by atoms with van der Waals surface area (Å²) in [5.74, 6) is -8.60. The first-order chi connectivity index (χ1) is 42.5. The van der Waals surface area contributed by atoms with E-state index < -0.39 is 155 Å². The molecule has 11 amide bonds. The van der Waals surface area contributed by atoms with E-state index >= 15 is 4.79 Å². The van der Waals surface area contributed by atoms with Gasteiger partial charge in [-0.3, -0.25) is 52.7 Å². The summed E-state index contributed by atoms with van der Waals surface area (Å²) < 4.78 is 41.8. The van der Waals surface area contributed by atoms with Crippen LogP contribution in [0.3, 0.4) is 0 Å². The van der Waals surface area contributed by atoms with Gasteiger partial charge in [0.25, 0.3) is 0 Å². The van der Waals surface area contributed by atoms with E-state index in [0.29, 0.717) is 19.3 Å². The fourth-order valence-electron chi connectivity index (χ4n) is 14.1. The zero-order chi connectivity index (χ0) is 67.9. The molecule has 0 aromatic heterocycles. The first-order valence-electron chi connectivity index (χ1n) is 33.3. The molecule has 3 aliphatic heterocycles. The van der Waals surface area contributed by atoms with Gasteiger partial charge in [-0.25, -0.2) is 0 Å². The largest absolute Gasteiger partial charge is 0.393 e. The maximum atomic E-state index is 15.1. The summed E-state index contributed by atoms with van der Waals surface area (Å²) >= 11 is 6.37. The zero-order valence-corrected chi connectivity index (χ0v) is 57.2. The Labute approximate surface area is 542 Å². The molecule has 2 N–H and O–H groups in total. The highest BCUT2D eigenvalue weighted by atomic mass is 35.5.